The second kappa shape index (κ2) is 22.4. The summed E-state index contributed by atoms with van der Waals surface area (Å²) in [5, 5.41) is 0. The molecule has 0 aromatic heterocycles. The van der Waals surface area contributed by atoms with Gasteiger partial charge in [-0.25, -0.2) is 0 Å². The molecule has 0 rings (SSSR count). The summed E-state index contributed by atoms with van der Waals surface area (Å²) in [7, 11) is 0. The van der Waals surface area contributed by atoms with E-state index in [2.05, 4.69) is 0 Å². The van der Waals surface area contributed by atoms with Crippen molar-refractivity contribution in [2.45, 2.75) is 0 Å². The molecule has 4 heteroatoms. The van der Waals surface area contributed by atoms with Gasteiger partial charge in [-0.15, -0.1) is 0 Å². The Balaban J connectivity index is 0. The van der Waals surface area contributed by atoms with Gasteiger partial charge in [-0.3, -0.25) is 0 Å². The molecule has 0 heterocycles. The van der Waals surface area contributed by atoms with Gasteiger partial charge in [0.15, 0.2) is 0 Å². The molecule has 0 aromatic carbocycles. The van der Waals surface area contributed by atoms with E-state index in [1.165, 1.54) is 0 Å². The predicted molar refractivity (Wildman–Crippen MR) is 12.7 cm³/mol. The van der Waals surface area contributed by atoms with E-state index in [0.717, 1.165) is 0 Å². The van der Waals surface area contributed by atoms with E-state index < -0.39 is 0 Å². The average molecular weight is 285 g/mol. The summed E-state index contributed by atoms with van der Waals surface area (Å²) in [6, 6.07) is 0. The fraction of sp³-hybridized carbons (Fsp3) is 0. The van der Waals surface area contributed by atoms with E-state index in [-0.39, 0.29) is 56.2 Å². The second-order valence-corrected chi connectivity index (χ2v) is 0. The second-order valence-electron chi connectivity index (χ2n) is 0. The van der Waals surface area contributed by atoms with Crippen molar-refractivity contribution in [2.24, 2.45) is 0 Å². The van der Waals surface area contributed by atoms with Crippen LogP contribution in [-0.4, -0.2) is 8.41 Å². The van der Waals surface area contributed by atoms with E-state index >= 15 is 0 Å². The molecule has 0 spiro atoms. The summed E-state index contributed by atoms with van der Waals surface area (Å²) >= 11 is 0. The number of hydrogen-bond acceptors (Lipinski definition) is 0. The Hall–Kier alpha value is 1.69. The molecule has 0 nitrogen and oxygen atoms in total. The molecule has 0 amide bonds. The standard InChI is InChI=1S/B.Co.P.W. The van der Waals surface area contributed by atoms with Crippen molar-refractivity contribution in [2.75, 3.05) is 0 Å². The molecule has 0 aliphatic rings. The van der Waals surface area contributed by atoms with E-state index in [0.29, 0.717) is 0 Å². The van der Waals surface area contributed by atoms with Gasteiger partial charge < -0.3 is 0 Å². The van der Waals surface area contributed by atoms with Crippen molar-refractivity contribution in [1.29, 1.82) is 0 Å². The Bertz CT molecular complexity index is 8.00. The van der Waals surface area contributed by atoms with Crippen LogP contribution < -0.4 is 0 Å². The minimum atomic E-state index is 0. The van der Waals surface area contributed by atoms with Crippen LogP contribution in [0.4, 0.5) is 0 Å². The summed E-state index contributed by atoms with van der Waals surface area (Å²) in [5.41, 5.74) is 0. The van der Waals surface area contributed by atoms with Gasteiger partial charge >= 0.3 is 0 Å². The molecular weight excluding hydrogens is 285 g/mol. The summed E-state index contributed by atoms with van der Waals surface area (Å²) in [5.74, 6) is 0. The first-order valence-corrected chi connectivity index (χ1v) is 0. The molecule has 0 saturated heterocycles. The van der Waals surface area contributed by atoms with Crippen molar-refractivity contribution >= 4 is 18.3 Å². The zero-order chi connectivity index (χ0) is 0. The Morgan fingerprint density at radius 1 is 1.00 bits per heavy atom. The first kappa shape index (κ1) is 43.8. The quantitative estimate of drug-likeness (QED) is 0.448. The van der Waals surface area contributed by atoms with Crippen LogP contribution in [0.25, 0.3) is 0 Å². The van der Waals surface area contributed by atoms with Gasteiger partial charge in [0, 0.05) is 56.2 Å². The molecule has 0 N–H and O–H groups in total. The molecule has 0 fully saturated rings. The van der Waals surface area contributed by atoms with Crippen LogP contribution in [0.1, 0.15) is 0 Å². The van der Waals surface area contributed by atoms with Crippen molar-refractivity contribution in [3.8, 4) is 0 Å². The van der Waals surface area contributed by atoms with Gasteiger partial charge in [-0.2, -0.15) is 0 Å². The molecule has 0 atom stereocenters. The van der Waals surface area contributed by atoms with Crippen molar-refractivity contribution in [1.82, 2.24) is 0 Å². The van der Waals surface area contributed by atoms with Crippen molar-refractivity contribution in [3.63, 3.8) is 0 Å². The monoisotopic (exact) mass is 285 g/mol. The van der Waals surface area contributed by atoms with Crippen LogP contribution in [-0.2, 0) is 37.8 Å². The molecule has 0 saturated carbocycles. The molecule has 0 unspecified atom stereocenters. The van der Waals surface area contributed by atoms with Gasteiger partial charge in [0.1, 0.15) is 0 Å². The third-order valence-electron chi connectivity index (χ3n) is 0. The van der Waals surface area contributed by atoms with Crippen LogP contribution >= 0.6 is 9.90 Å². The summed E-state index contributed by atoms with van der Waals surface area (Å²) < 4.78 is 0. The predicted octanol–water partition coefficient (Wildman–Crippen LogP) is 0.475. The van der Waals surface area contributed by atoms with Gasteiger partial charge in [-0.05, 0) is 0 Å². The summed E-state index contributed by atoms with van der Waals surface area (Å²) in [4.78, 5) is 0. The van der Waals surface area contributed by atoms with E-state index in [1.807, 2.05) is 0 Å². The maximum Gasteiger partial charge on any atom is 0 e. The van der Waals surface area contributed by atoms with Gasteiger partial charge in [0.05, 0.1) is 0 Å². The van der Waals surface area contributed by atoms with Crippen LogP contribution in [0.15, 0.2) is 0 Å². The maximum absolute atomic E-state index is 0. The Labute approximate surface area is 56.1 Å². The third kappa shape index (κ3) is 9.35. The Morgan fingerprint density at radius 3 is 1.00 bits per heavy atom. The minimum absolute atomic E-state index is 0. The average Bonchev–Trinajstić information content (AvgIpc) is 0. The smallest absolute Gasteiger partial charge is 0 e. The fourth-order valence-electron chi connectivity index (χ4n) is 0. The van der Waals surface area contributed by atoms with Crippen molar-refractivity contribution in [3.05, 3.63) is 0 Å². The van der Waals surface area contributed by atoms with E-state index in [1.54, 1.807) is 0 Å². The Morgan fingerprint density at radius 2 is 1.00 bits per heavy atom. The minimum Gasteiger partial charge on any atom is 0 e. The van der Waals surface area contributed by atoms with Crippen LogP contribution in [0.5, 0.6) is 0 Å². The van der Waals surface area contributed by atoms with Crippen LogP contribution in [0.2, 0.25) is 0 Å². The molecule has 4 heavy (non-hydrogen) atoms. The molecule has 0 aliphatic carbocycles. The van der Waals surface area contributed by atoms with Gasteiger partial charge in [-0.1, -0.05) is 0 Å². The largest absolute Gasteiger partial charge is 0 e. The van der Waals surface area contributed by atoms with Gasteiger partial charge in [0.25, 0.3) is 0 Å². The maximum atomic E-state index is 0. The molecule has 0 bridgehead atoms. The zero-order valence-electron chi connectivity index (χ0n) is 1.77. The Kier molecular flexibility index (Phi) is 245. The van der Waals surface area contributed by atoms with Crippen LogP contribution in [0, 0.1) is 0 Å². The summed E-state index contributed by atoms with van der Waals surface area (Å²) in [6.45, 7) is 0. The number of rotatable bonds is 0. The third-order valence-corrected chi connectivity index (χ3v) is 0. The molecule has 7 radical (unpaired) electrons. The topological polar surface area (TPSA) is 0 Å². The first-order valence-electron chi connectivity index (χ1n) is 0. The van der Waals surface area contributed by atoms with Crippen molar-refractivity contribution < 1.29 is 37.8 Å². The van der Waals surface area contributed by atoms with Gasteiger partial charge in [0.2, 0.25) is 0 Å². The summed E-state index contributed by atoms with van der Waals surface area (Å²) in [6.07, 6.45) is 0. The number of hydrogen-bond donors (Lipinski definition) is 0. The SMILES string of the molecule is [B].[Co].[P].[W]. The molecule has 0 aromatic rings. The normalized spacial score (nSPS) is 0. The van der Waals surface area contributed by atoms with E-state index in [9.17, 15) is 0 Å². The first-order chi connectivity index (χ1) is 0. The fourth-order valence-corrected chi connectivity index (χ4v) is 0. The molecule has 0 aliphatic heterocycles. The zero-order valence-corrected chi connectivity index (χ0v) is 6.64. The van der Waals surface area contributed by atoms with Crippen LogP contribution in [0.3, 0.4) is 0 Å². The molecule has 23 valence electrons. The molecular formula is BCoPW. The van der Waals surface area contributed by atoms with E-state index in [4.69, 9.17) is 0 Å².